The average molecular weight is 513 g/mol. The van der Waals surface area contributed by atoms with E-state index in [0.717, 1.165) is 36.8 Å². The number of nitrogens with zero attached hydrogens (tertiary/aromatic N) is 1. The Kier molecular flexibility index (Phi) is 6.98. The van der Waals surface area contributed by atoms with Crippen LogP contribution in [0.1, 0.15) is 56.2 Å². The van der Waals surface area contributed by atoms with Gasteiger partial charge in [0.25, 0.3) is 5.91 Å². The fraction of sp³-hybridized carbons (Fsp3) is 0.536. The number of likely N-dealkylation sites (N-methyl/N-ethyl adjacent to an activating group) is 1. The maximum Gasteiger partial charge on any atom is 0.255 e. The molecule has 0 radical (unpaired) electrons. The molecule has 0 heterocycles. The van der Waals surface area contributed by atoms with Gasteiger partial charge in [0.2, 0.25) is 5.78 Å². The zero-order valence-electron chi connectivity index (χ0n) is 21.7. The Hall–Kier alpha value is -3.17. The lowest BCUT2D eigenvalue weighted by atomic mass is 9.57. The number of carbonyl (C=O) groups is 3. The highest BCUT2D eigenvalue weighted by atomic mass is 16.3. The molecule has 37 heavy (non-hydrogen) atoms. The number of fused-ring (bicyclic) bond motifs is 3. The summed E-state index contributed by atoms with van der Waals surface area (Å²) >= 11 is 0. The topological polar surface area (TPSA) is 161 Å². The number of aryl methyl sites for hydroxylation is 1. The molecule has 1 saturated carbocycles. The minimum atomic E-state index is -2.62. The number of aliphatic hydroxyl groups excluding tert-OH is 2. The summed E-state index contributed by atoms with van der Waals surface area (Å²) < 4.78 is 0. The van der Waals surface area contributed by atoms with Crippen molar-refractivity contribution in [1.82, 2.24) is 4.90 Å². The van der Waals surface area contributed by atoms with Crippen molar-refractivity contribution in [2.45, 2.75) is 64.0 Å². The van der Waals surface area contributed by atoms with Crippen LogP contribution in [0.25, 0.3) is 5.76 Å². The number of rotatable bonds is 7. The molecular formula is C28H36N2O7. The lowest BCUT2D eigenvalue weighted by Gasteiger charge is -2.50. The second-order valence-electron chi connectivity index (χ2n) is 10.8. The van der Waals surface area contributed by atoms with Gasteiger partial charge in [-0.2, -0.15) is 0 Å². The zero-order chi connectivity index (χ0) is 27.4. The van der Waals surface area contributed by atoms with Gasteiger partial charge in [-0.25, -0.2) is 0 Å². The fourth-order valence-corrected chi connectivity index (χ4v) is 6.60. The molecule has 4 rings (SSSR count). The van der Waals surface area contributed by atoms with Gasteiger partial charge in [-0.15, -0.1) is 0 Å². The van der Waals surface area contributed by atoms with E-state index in [9.17, 15) is 34.8 Å². The summed E-state index contributed by atoms with van der Waals surface area (Å²) in [7, 11) is 3.17. The number of hydrogen-bond donors (Lipinski definition) is 5. The number of hydrogen-bond acceptors (Lipinski definition) is 8. The number of phenolic OH excluding ortho intramolecular Hbond substituents is 1. The maximum atomic E-state index is 13.9. The van der Waals surface area contributed by atoms with Gasteiger partial charge in [0, 0.05) is 11.5 Å². The van der Waals surface area contributed by atoms with Crippen molar-refractivity contribution in [2.24, 2.45) is 23.5 Å². The molecule has 0 aromatic heterocycles. The quantitative estimate of drug-likeness (QED) is 0.348. The number of benzene rings is 1. The number of aromatic hydroxyl groups is 1. The average Bonchev–Trinajstić information content (AvgIpc) is 2.82. The standard InChI is InChI=1S/C28H36N2O7/c1-5-13(6-2)7-8-14-9-10-18(31)20-16(14)11-15-12-17-22(30(3)4)24(33)21(27(29)36)26(35)28(17,37)25(34)19(15)23(20)32/h9-10,13,15,17,22,31-32,35,37H,5-8,11-12H2,1-4H3,(H2,29,36)/t15-,17-,22?,28-/m1/s1. The predicted octanol–water partition coefficient (Wildman–Crippen LogP) is 2.33. The van der Waals surface area contributed by atoms with Gasteiger partial charge in [0.15, 0.2) is 11.4 Å². The van der Waals surface area contributed by atoms with Crippen molar-refractivity contribution in [3.05, 3.63) is 45.7 Å². The first-order chi connectivity index (χ1) is 17.4. The summed E-state index contributed by atoms with van der Waals surface area (Å²) in [5.74, 6) is -5.79. The van der Waals surface area contributed by atoms with E-state index in [0.29, 0.717) is 12.3 Å². The Bertz CT molecular complexity index is 1230. The van der Waals surface area contributed by atoms with Gasteiger partial charge in [-0.05, 0) is 68.8 Å². The van der Waals surface area contributed by atoms with Gasteiger partial charge in [0.05, 0.1) is 11.6 Å². The molecular weight excluding hydrogens is 476 g/mol. The predicted molar refractivity (Wildman–Crippen MR) is 137 cm³/mol. The minimum Gasteiger partial charge on any atom is -0.508 e. The maximum absolute atomic E-state index is 13.9. The molecule has 1 aromatic rings. The molecule has 1 aromatic carbocycles. The lowest BCUT2D eigenvalue weighted by molar-refractivity contribution is -0.153. The molecule has 1 fully saturated rings. The van der Waals surface area contributed by atoms with Crippen LogP contribution in [0, 0.1) is 17.8 Å². The molecule has 0 bridgehead atoms. The molecule has 0 aliphatic heterocycles. The molecule has 9 nitrogen and oxygen atoms in total. The van der Waals surface area contributed by atoms with Crippen molar-refractivity contribution in [3.63, 3.8) is 0 Å². The molecule has 3 aliphatic rings. The largest absolute Gasteiger partial charge is 0.508 e. The van der Waals surface area contributed by atoms with Crippen LogP contribution in [0.4, 0.5) is 0 Å². The van der Waals surface area contributed by atoms with Crippen LogP contribution in [0.15, 0.2) is 29.0 Å². The summed E-state index contributed by atoms with van der Waals surface area (Å²) in [6.07, 6.45) is 4.20. The zero-order valence-corrected chi connectivity index (χ0v) is 21.7. The summed E-state index contributed by atoms with van der Waals surface area (Å²) in [5.41, 5.74) is 3.67. The van der Waals surface area contributed by atoms with Crippen molar-refractivity contribution >= 4 is 23.2 Å². The van der Waals surface area contributed by atoms with E-state index in [1.54, 1.807) is 14.1 Å². The highest BCUT2D eigenvalue weighted by Crippen LogP contribution is 2.53. The second-order valence-corrected chi connectivity index (χ2v) is 10.8. The molecule has 9 heteroatoms. The first-order valence-electron chi connectivity index (χ1n) is 12.9. The number of primary amides is 1. The molecule has 1 amide bonds. The van der Waals surface area contributed by atoms with Crippen LogP contribution in [0.3, 0.4) is 0 Å². The highest BCUT2D eigenvalue weighted by Gasteiger charge is 2.64. The van der Waals surface area contributed by atoms with Gasteiger partial charge in [0.1, 0.15) is 22.8 Å². The van der Waals surface area contributed by atoms with E-state index in [2.05, 4.69) is 13.8 Å². The molecule has 4 atom stereocenters. The number of aliphatic hydroxyl groups is 3. The van der Waals surface area contributed by atoms with Crippen LogP contribution in [-0.2, 0) is 27.2 Å². The van der Waals surface area contributed by atoms with Gasteiger partial charge < -0.3 is 26.2 Å². The Labute approximate surface area is 216 Å². The first kappa shape index (κ1) is 26.9. The van der Waals surface area contributed by atoms with Crippen molar-refractivity contribution in [3.8, 4) is 5.75 Å². The third-order valence-corrected chi connectivity index (χ3v) is 8.68. The van der Waals surface area contributed by atoms with E-state index in [1.807, 2.05) is 6.07 Å². The number of carbonyl (C=O) groups excluding carboxylic acids is 3. The van der Waals surface area contributed by atoms with Crippen LogP contribution in [0.2, 0.25) is 0 Å². The van der Waals surface area contributed by atoms with Crippen LogP contribution in [-0.4, -0.2) is 68.5 Å². The normalized spacial score (nSPS) is 27.5. The van der Waals surface area contributed by atoms with E-state index < -0.39 is 58.0 Å². The van der Waals surface area contributed by atoms with E-state index >= 15 is 0 Å². The molecule has 1 unspecified atom stereocenters. The third-order valence-electron chi connectivity index (χ3n) is 8.68. The monoisotopic (exact) mass is 512 g/mol. The van der Waals surface area contributed by atoms with Crippen LogP contribution in [0.5, 0.6) is 5.75 Å². The van der Waals surface area contributed by atoms with E-state index in [1.165, 1.54) is 11.0 Å². The number of ketones is 2. The highest BCUT2D eigenvalue weighted by molar-refractivity contribution is 6.24. The SMILES string of the molecule is CCC(CC)CCc1ccc(O)c2c1C[C@@H]1C[C@@H]3C(N(C)C)C(=O)C(C(N)=O)=C(O)[C@]3(O)C(=O)C1=C2O. The Morgan fingerprint density at radius 1 is 1.16 bits per heavy atom. The molecule has 0 saturated heterocycles. The Morgan fingerprint density at radius 3 is 2.38 bits per heavy atom. The first-order valence-corrected chi connectivity index (χ1v) is 12.9. The summed E-state index contributed by atoms with van der Waals surface area (Å²) in [6, 6.07) is 2.25. The number of phenols is 1. The van der Waals surface area contributed by atoms with Crippen molar-refractivity contribution in [2.75, 3.05) is 14.1 Å². The fourth-order valence-electron chi connectivity index (χ4n) is 6.60. The molecule has 3 aliphatic carbocycles. The van der Waals surface area contributed by atoms with E-state index in [-0.39, 0.29) is 23.3 Å². The second kappa shape index (κ2) is 9.61. The smallest absolute Gasteiger partial charge is 0.255 e. The van der Waals surface area contributed by atoms with Crippen molar-refractivity contribution in [1.29, 1.82) is 0 Å². The lowest BCUT2D eigenvalue weighted by Crippen LogP contribution is -2.65. The van der Waals surface area contributed by atoms with Crippen LogP contribution < -0.4 is 5.73 Å². The van der Waals surface area contributed by atoms with Gasteiger partial charge in [-0.1, -0.05) is 32.8 Å². The molecule has 200 valence electrons. The summed E-state index contributed by atoms with van der Waals surface area (Å²) in [4.78, 5) is 40.6. The molecule has 6 N–H and O–H groups in total. The van der Waals surface area contributed by atoms with Crippen LogP contribution >= 0.6 is 0 Å². The molecule has 0 spiro atoms. The number of amides is 1. The third kappa shape index (κ3) is 3.95. The Balaban J connectivity index is 1.87. The number of Topliss-reactive ketones (excluding diaryl/α,β-unsaturated/α-hetero) is 2. The Morgan fingerprint density at radius 2 is 1.81 bits per heavy atom. The van der Waals surface area contributed by atoms with Gasteiger partial charge in [-0.3, -0.25) is 19.3 Å². The number of nitrogens with two attached hydrogens (primary N) is 1. The van der Waals surface area contributed by atoms with E-state index in [4.69, 9.17) is 5.73 Å². The minimum absolute atomic E-state index is 0.0907. The van der Waals surface area contributed by atoms with Gasteiger partial charge >= 0.3 is 0 Å². The summed E-state index contributed by atoms with van der Waals surface area (Å²) in [5, 5.41) is 44.5. The summed E-state index contributed by atoms with van der Waals surface area (Å²) in [6.45, 7) is 4.30. The van der Waals surface area contributed by atoms with Crippen molar-refractivity contribution < 1.29 is 34.8 Å².